The minimum Gasteiger partial charge on any atom is -0.476 e. The number of rotatable bonds is 5. The topological polar surface area (TPSA) is 75.4 Å². The Hall–Kier alpha value is -2.30. The molecule has 2 rings (SSSR count). The van der Waals surface area contributed by atoms with Gasteiger partial charge in [0, 0.05) is 6.54 Å². The van der Waals surface area contributed by atoms with Gasteiger partial charge in [-0.1, -0.05) is 37.3 Å². The summed E-state index contributed by atoms with van der Waals surface area (Å²) in [6.07, 6.45) is 1.12. The molecule has 0 radical (unpaired) electrons. The lowest BCUT2D eigenvalue weighted by Crippen LogP contribution is -2.10. The van der Waals surface area contributed by atoms with E-state index in [1.54, 1.807) is 0 Å². The zero-order chi connectivity index (χ0) is 13.0. The van der Waals surface area contributed by atoms with Crippen LogP contribution in [0.2, 0.25) is 0 Å². The average molecular weight is 246 g/mol. The summed E-state index contributed by atoms with van der Waals surface area (Å²) in [5.74, 6) is -0.811. The maximum atomic E-state index is 10.6. The molecule has 1 aromatic carbocycles. The van der Waals surface area contributed by atoms with Crippen molar-refractivity contribution in [1.29, 1.82) is 0 Å². The molecule has 0 saturated carbocycles. The van der Waals surface area contributed by atoms with Gasteiger partial charge in [0.1, 0.15) is 6.26 Å². The largest absolute Gasteiger partial charge is 0.476 e. The van der Waals surface area contributed by atoms with E-state index in [4.69, 9.17) is 9.52 Å². The molecule has 5 nitrogen and oxygen atoms in total. The van der Waals surface area contributed by atoms with E-state index in [0.717, 1.165) is 6.26 Å². The Bertz CT molecular complexity index is 522. The van der Waals surface area contributed by atoms with Gasteiger partial charge in [0.05, 0.1) is 0 Å². The van der Waals surface area contributed by atoms with Crippen LogP contribution in [0.3, 0.4) is 0 Å². The van der Waals surface area contributed by atoms with Crippen LogP contribution in [0.15, 0.2) is 41.0 Å². The maximum absolute atomic E-state index is 10.6. The zero-order valence-electron chi connectivity index (χ0n) is 9.96. The van der Waals surface area contributed by atoms with Gasteiger partial charge in [0.25, 0.3) is 6.01 Å². The summed E-state index contributed by atoms with van der Waals surface area (Å²) in [5.41, 5.74) is 1.11. The maximum Gasteiger partial charge on any atom is 0.357 e. The van der Waals surface area contributed by atoms with Crippen molar-refractivity contribution in [2.75, 3.05) is 11.9 Å². The van der Waals surface area contributed by atoms with Gasteiger partial charge in [0.15, 0.2) is 5.69 Å². The number of nitrogens with zero attached hydrogens (tertiary/aromatic N) is 1. The summed E-state index contributed by atoms with van der Waals surface area (Å²) in [6.45, 7) is 2.70. The smallest absolute Gasteiger partial charge is 0.357 e. The van der Waals surface area contributed by atoms with Crippen molar-refractivity contribution in [3.05, 3.63) is 47.9 Å². The average Bonchev–Trinajstić information content (AvgIpc) is 2.86. The van der Waals surface area contributed by atoms with Crippen molar-refractivity contribution < 1.29 is 14.3 Å². The Morgan fingerprint density at radius 2 is 2.17 bits per heavy atom. The van der Waals surface area contributed by atoms with Crippen LogP contribution in [-0.4, -0.2) is 22.6 Å². The summed E-state index contributed by atoms with van der Waals surface area (Å²) >= 11 is 0. The van der Waals surface area contributed by atoms with Crippen LogP contribution in [0.1, 0.15) is 28.9 Å². The number of aromatic carboxylic acids is 1. The third kappa shape index (κ3) is 2.88. The summed E-state index contributed by atoms with van der Waals surface area (Å²) in [7, 11) is 0. The lowest BCUT2D eigenvalue weighted by Gasteiger charge is -2.11. The lowest BCUT2D eigenvalue weighted by molar-refractivity contribution is 0.0690. The molecule has 0 aliphatic rings. The van der Waals surface area contributed by atoms with Gasteiger partial charge in [-0.3, -0.25) is 0 Å². The normalized spacial score (nSPS) is 12.1. The highest BCUT2D eigenvalue weighted by Crippen LogP contribution is 2.15. The van der Waals surface area contributed by atoms with Crippen molar-refractivity contribution in [2.24, 2.45) is 0 Å². The number of nitrogens with one attached hydrogen (secondary N) is 1. The van der Waals surface area contributed by atoms with E-state index in [9.17, 15) is 4.79 Å². The van der Waals surface area contributed by atoms with Crippen LogP contribution in [0.25, 0.3) is 0 Å². The van der Waals surface area contributed by atoms with Gasteiger partial charge in [-0.25, -0.2) is 4.79 Å². The predicted molar refractivity (Wildman–Crippen MR) is 66.8 cm³/mol. The summed E-state index contributed by atoms with van der Waals surface area (Å²) in [5, 5.41) is 11.7. The second-order valence-electron chi connectivity index (χ2n) is 4.04. The number of carbonyl (C=O) groups is 1. The number of carboxylic acids is 1. The molecule has 0 bridgehead atoms. The summed E-state index contributed by atoms with van der Waals surface area (Å²) in [6, 6.07) is 10.3. The van der Waals surface area contributed by atoms with Crippen LogP contribution in [0, 0.1) is 0 Å². The van der Waals surface area contributed by atoms with E-state index in [1.807, 2.05) is 30.3 Å². The van der Waals surface area contributed by atoms with Gasteiger partial charge in [-0.05, 0) is 11.5 Å². The molecule has 1 heterocycles. The first-order valence-electron chi connectivity index (χ1n) is 5.64. The number of carboxylic acid groups (broad SMARTS) is 1. The molecule has 1 aromatic heterocycles. The monoisotopic (exact) mass is 246 g/mol. The highest BCUT2D eigenvalue weighted by Gasteiger charge is 2.11. The number of hydrogen-bond donors (Lipinski definition) is 2. The number of anilines is 1. The van der Waals surface area contributed by atoms with Gasteiger partial charge in [0.2, 0.25) is 0 Å². The predicted octanol–water partition coefficient (Wildman–Crippen LogP) is 2.59. The van der Waals surface area contributed by atoms with Gasteiger partial charge in [-0.2, -0.15) is 4.98 Å². The standard InChI is InChI=1S/C13H14N2O3/c1-9(10-5-3-2-4-6-10)7-14-13-15-11(8-18-13)12(16)17/h2-6,8-9H,7H2,1H3,(H,14,15)(H,16,17). The Morgan fingerprint density at radius 1 is 1.44 bits per heavy atom. The molecule has 5 heteroatoms. The fraction of sp³-hybridized carbons (Fsp3) is 0.231. The van der Waals surface area contributed by atoms with E-state index in [2.05, 4.69) is 17.2 Å². The Morgan fingerprint density at radius 3 is 2.78 bits per heavy atom. The Kier molecular flexibility index (Phi) is 3.62. The fourth-order valence-electron chi connectivity index (χ4n) is 1.59. The molecule has 0 spiro atoms. The van der Waals surface area contributed by atoms with Crippen molar-refractivity contribution in [1.82, 2.24) is 4.98 Å². The van der Waals surface area contributed by atoms with Crippen LogP contribution in [0.4, 0.5) is 6.01 Å². The lowest BCUT2D eigenvalue weighted by atomic mass is 10.0. The number of aromatic nitrogens is 1. The fourth-order valence-corrected chi connectivity index (χ4v) is 1.59. The summed E-state index contributed by atoms with van der Waals surface area (Å²) < 4.78 is 5.01. The third-order valence-corrected chi connectivity index (χ3v) is 2.65. The second kappa shape index (κ2) is 5.35. The molecular formula is C13H14N2O3. The second-order valence-corrected chi connectivity index (χ2v) is 4.04. The number of benzene rings is 1. The van der Waals surface area contributed by atoms with E-state index < -0.39 is 5.97 Å². The first kappa shape index (κ1) is 12.2. The molecule has 18 heavy (non-hydrogen) atoms. The van der Waals surface area contributed by atoms with Crippen molar-refractivity contribution in [3.8, 4) is 0 Å². The van der Waals surface area contributed by atoms with Crippen molar-refractivity contribution in [2.45, 2.75) is 12.8 Å². The highest BCUT2D eigenvalue weighted by molar-refractivity contribution is 5.85. The SMILES string of the molecule is CC(CNc1nc(C(=O)O)co1)c1ccccc1. The Balaban J connectivity index is 1.93. The van der Waals surface area contributed by atoms with E-state index in [1.165, 1.54) is 5.56 Å². The van der Waals surface area contributed by atoms with Crippen molar-refractivity contribution in [3.63, 3.8) is 0 Å². The van der Waals surface area contributed by atoms with Gasteiger partial charge < -0.3 is 14.8 Å². The van der Waals surface area contributed by atoms with Gasteiger partial charge >= 0.3 is 5.97 Å². The first-order valence-corrected chi connectivity index (χ1v) is 5.64. The van der Waals surface area contributed by atoms with Crippen LogP contribution >= 0.6 is 0 Å². The highest BCUT2D eigenvalue weighted by atomic mass is 16.4. The van der Waals surface area contributed by atoms with E-state index >= 15 is 0 Å². The molecule has 2 aromatic rings. The Labute approximate surface area is 104 Å². The molecule has 1 atom stereocenters. The van der Waals surface area contributed by atoms with Crippen LogP contribution in [-0.2, 0) is 0 Å². The van der Waals surface area contributed by atoms with E-state index in [-0.39, 0.29) is 17.6 Å². The minimum atomic E-state index is -1.09. The van der Waals surface area contributed by atoms with Crippen LogP contribution in [0.5, 0.6) is 0 Å². The van der Waals surface area contributed by atoms with E-state index in [0.29, 0.717) is 6.54 Å². The molecular weight excluding hydrogens is 232 g/mol. The molecule has 0 aliphatic carbocycles. The first-order chi connectivity index (χ1) is 8.66. The minimum absolute atomic E-state index is 0.0927. The number of hydrogen-bond acceptors (Lipinski definition) is 4. The molecule has 0 fully saturated rings. The molecule has 1 unspecified atom stereocenters. The molecule has 94 valence electrons. The summed E-state index contributed by atoms with van der Waals surface area (Å²) in [4.78, 5) is 14.4. The van der Waals surface area contributed by atoms with Crippen LogP contribution < -0.4 is 5.32 Å². The quantitative estimate of drug-likeness (QED) is 0.848. The zero-order valence-corrected chi connectivity index (χ0v) is 9.96. The third-order valence-electron chi connectivity index (χ3n) is 2.65. The van der Waals surface area contributed by atoms with Crippen molar-refractivity contribution >= 4 is 12.0 Å². The molecule has 0 saturated heterocycles. The molecule has 2 N–H and O–H groups in total. The molecule has 0 aliphatic heterocycles. The molecule has 0 amide bonds. The van der Waals surface area contributed by atoms with Gasteiger partial charge in [-0.15, -0.1) is 0 Å². The number of oxazole rings is 1.